The fourth-order valence-corrected chi connectivity index (χ4v) is 6.72. The number of hydrogen-bond acceptors (Lipinski definition) is 4. The van der Waals surface area contributed by atoms with Crippen molar-refractivity contribution < 1.29 is 19.1 Å². The Morgan fingerprint density at radius 1 is 0.879 bits per heavy atom. The van der Waals surface area contributed by atoms with Crippen LogP contribution in [0.4, 0.5) is 5.69 Å². The zero-order valence-electron chi connectivity index (χ0n) is 18.4. The number of ether oxygens (including phenoxy) is 1. The highest BCUT2D eigenvalue weighted by molar-refractivity contribution is 6.25. The number of imide groups is 1. The zero-order chi connectivity index (χ0) is 22.9. The molecule has 1 saturated heterocycles. The van der Waals surface area contributed by atoms with E-state index in [0.717, 1.165) is 22.3 Å². The minimum atomic E-state index is -0.589. The quantitative estimate of drug-likeness (QED) is 0.449. The summed E-state index contributed by atoms with van der Waals surface area (Å²) in [4.78, 5) is 41.9. The Morgan fingerprint density at radius 2 is 1.45 bits per heavy atom. The van der Waals surface area contributed by atoms with Gasteiger partial charge in [0.2, 0.25) is 11.8 Å². The van der Waals surface area contributed by atoms with Crippen molar-refractivity contribution in [2.24, 2.45) is 11.8 Å². The Labute approximate surface area is 192 Å². The fourth-order valence-electron chi connectivity index (χ4n) is 6.72. The largest absolute Gasteiger partial charge is 0.465 e. The lowest BCUT2D eigenvalue weighted by atomic mass is 9.46. The van der Waals surface area contributed by atoms with E-state index in [1.54, 1.807) is 24.3 Å². The molecule has 164 valence electrons. The molecule has 0 unspecified atom stereocenters. The lowest BCUT2D eigenvalue weighted by Crippen LogP contribution is -2.53. The monoisotopic (exact) mass is 437 g/mol. The van der Waals surface area contributed by atoms with E-state index in [1.807, 2.05) is 24.3 Å². The highest BCUT2D eigenvalue weighted by atomic mass is 16.5. The first kappa shape index (κ1) is 19.9. The van der Waals surface area contributed by atoms with Crippen molar-refractivity contribution in [3.05, 3.63) is 101 Å². The van der Waals surface area contributed by atoms with E-state index in [-0.39, 0.29) is 23.3 Å². The maximum Gasteiger partial charge on any atom is 0.339 e. The molecule has 4 aliphatic rings. The molecular weight excluding hydrogens is 414 g/mol. The standard InChI is InChI=1S/C28H23NO4/c1-3-28-19-13-7-4-10-16(19)22(17-11-5-8-14-20(17)28)23-24(28)26(31)29(25(23)30)21-15-9-6-12-18(21)27(32)33-2/h4-15,22-24H,3H2,1-2H3/t22?,23-,24+,28?/m0/s1. The summed E-state index contributed by atoms with van der Waals surface area (Å²) in [5.41, 5.74) is 4.46. The number of nitrogens with zero attached hydrogens (tertiary/aromatic N) is 1. The topological polar surface area (TPSA) is 63.7 Å². The van der Waals surface area contributed by atoms with Crippen molar-refractivity contribution in [2.75, 3.05) is 12.0 Å². The van der Waals surface area contributed by atoms with Crippen LogP contribution in [0.2, 0.25) is 0 Å². The Bertz CT molecular complexity index is 1300. The van der Waals surface area contributed by atoms with Crippen LogP contribution < -0.4 is 4.90 Å². The van der Waals surface area contributed by atoms with Crippen molar-refractivity contribution >= 4 is 23.5 Å². The molecular formula is C28H23NO4. The van der Waals surface area contributed by atoms with Gasteiger partial charge in [0.1, 0.15) is 0 Å². The van der Waals surface area contributed by atoms with E-state index < -0.39 is 23.2 Å². The minimum absolute atomic E-state index is 0.192. The Hall–Kier alpha value is -3.73. The number of benzene rings is 3. The van der Waals surface area contributed by atoms with E-state index in [9.17, 15) is 14.4 Å². The van der Waals surface area contributed by atoms with Gasteiger partial charge >= 0.3 is 5.97 Å². The Balaban J connectivity index is 1.62. The van der Waals surface area contributed by atoms with Crippen LogP contribution in [0, 0.1) is 11.8 Å². The predicted molar refractivity (Wildman–Crippen MR) is 123 cm³/mol. The van der Waals surface area contributed by atoms with Gasteiger partial charge in [0, 0.05) is 11.3 Å². The molecule has 0 aromatic heterocycles. The number of esters is 1. The predicted octanol–water partition coefficient (Wildman–Crippen LogP) is 4.43. The molecule has 1 fully saturated rings. The van der Waals surface area contributed by atoms with Crippen LogP contribution in [-0.4, -0.2) is 24.9 Å². The number of hydrogen-bond donors (Lipinski definition) is 0. The molecule has 0 radical (unpaired) electrons. The fraction of sp³-hybridized carbons (Fsp3) is 0.250. The van der Waals surface area contributed by atoms with Crippen LogP contribution in [0.3, 0.4) is 0 Å². The number of carbonyl (C=O) groups excluding carboxylic acids is 3. The first-order valence-corrected chi connectivity index (χ1v) is 11.3. The molecule has 7 rings (SSSR count). The second-order valence-electron chi connectivity index (χ2n) is 9.00. The molecule has 2 amide bonds. The van der Waals surface area contributed by atoms with Gasteiger partial charge in [-0.3, -0.25) is 9.59 Å². The second-order valence-corrected chi connectivity index (χ2v) is 9.00. The number of para-hydroxylation sites is 1. The number of carbonyl (C=O) groups is 3. The first-order chi connectivity index (χ1) is 16.1. The number of methoxy groups -OCH3 is 1. The third kappa shape index (κ3) is 2.29. The number of anilines is 1. The van der Waals surface area contributed by atoms with Gasteiger partial charge in [-0.25, -0.2) is 9.69 Å². The number of rotatable bonds is 3. The summed E-state index contributed by atoms with van der Waals surface area (Å²) in [7, 11) is 1.30. The minimum Gasteiger partial charge on any atom is -0.465 e. The molecule has 0 saturated carbocycles. The van der Waals surface area contributed by atoms with E-state index >= 15 is 0 Å². The summed E-state index contributed by atoms with van der Waals surface area (Å²) in [6, 6.07) is 23.1. The molecule has 3 aromatic rings. The Morgan fingerprint density at radius 3 is 2.06 bits per heavy atom. The molecule has 3 aliphatic carbocycles. The van der Waals surface area contributed by atoms with Crippen molar-refractivity contribution in [2.45, 2.75) is 24.7 Å². The first-order valence-electron chi connectivity index (χ1n) is 11.3. The average Bonchev–Trinajstić information content (AvgIpc) is 3.14. The van der Waals surface area contributed by atoms with Crippen molar-refractivity contribution in [1.82, 2.24) is 0 Å². The maximum absolute atomic E-state index is 14.1. The van der Waals surface area contributed by atoms with Crippen LogP contribution in [0.1, 0.15) is 51.9 Å². The van der Waals surface area contributed by atoms with Gasteiger partial charge in [0.25, 0.3) is 0 Å². The SMILES string of the molecule is CCC12c3ccccc3C(c3ccccc31)[C@@H]1C(=O)N(c3ccccc3C(=O)OC)C(=O)[C@@H]12. The summed E-state index contributed by atoms with van der Waals surface area (Å²) >= 11 is 0. The molecule has 5 heteroatoms. The van der Waals surface area contributed by atoms with Crippen LogP contribution >= 0.6 is 0 Å². The van der Waals surface area contributed by atoms with Crippen LogP contribution in [0.15, 0.2) is 72.8 Å². The van der Waals surface area contributed by atoms with Gasteiger partial charge in [0.05, 0.1) is 30.2 Å². The average molecular weight is 437 g/mol. The molecule has 1 aliphatic heterocycles. The lowest BCUT2D eigenvalue weighted by Gasteiger charge is -2.54. The van der Waals surface area contributed by atoms with Gasteiger partial charge < -0.3 is 4.74 Å². The van der Waals surface area contributed by atoms with E-state index in [4.69, 9.17) is 4.74 Å². The molecule has 1 heterocycles. The van der Waals surface area contributed by atoms with E-state index in [1.165, 1.54) is 12.0 Å². The molecule has 33 heavy (non-hydrogen) atoms. The van der Waals surface area contributed by atoms with Crippen LogP contribution in [-0.2, 0) is 19.7 Å². The van der Waals surface area contributed by atoms with Crippen molar-refractivity contribution in [3.8, 4) is 0 Å². The molecule has 0 spiro atoms. The summed E-state index contributed by atoms with van der Waals surface area (Å²) in [6.45, 7) is 2.10. The highest BCUT2D eigenvalue weighted by Crippen LogP contribution is 2.65. The van der Waals surface area contributed by atoms with Crippen molar-refractivity contribution in [3.63, 3.8) is 0 Å². The van der Waals surface area contributed by atoms with Crippen LogP contribution in [0.25, 0.3) is 0 Å². The van der Waals surface area contributed by atoms with Gasteiger partial charge in [-0.2, -0.15) is 0 Å². The normalized spacial score (nSPS) is 26.6. The van der Waals surface area contributed by atoms with Gasteiger partial charge in [-0.1, -0.05) is 67.6 Å². The Kier molecular flexibility index (Phi) is 4.15. The summed E-state index contributed by atoms with van der Waals surface area (Å²) in [5.74, 6) is -2.27. The third-order valence-electron chi connectivity index (χ3n) is 7.90. The van der Waals surface area contributed by atoms with Gasteiger partial charge in [0.15, 0.2) is 0 Å². The molecule has 5 nitrogen and oxygen atoms in total. The molecule has 2 atom stereocenters. The third-order valence-corrected chi connectivity index (χ3v) is 7.90. The van der Waals surface area contributed by atoms with E-state index in [2.05, 4.69) is 31.2 Å². The molecule has 2 bridgehead atoms. The number of amides is 2. The highest BCUT2D eigenvalue weighted by Gasteiger charge is 2.67. The smallest absolute Gasteiger partial charge is 0.339 e. The summed E-state index contributed by atoms with van der Waals surface area (Å²) in [6.07, 6.45) is 0.695. The summed E-state index contributed by atoms with van der Waals surface area (Å²) < 4.78 is 4.93. The second kappa shape index (κ2) is 6.88. The van der Waals surface area contributed by atoms with Crippen LogP contribution in [0.5, 0.6) is 0 Å². The molecule has 3 aromatic carbocycles. The lowest BCUT2D eigenvalue weighted by molar-refractivity contribution is -0.123. The summed E-state index contributed by atoms with van der Waals surface area (Å²) in [5, 5.41) is 0. The van der Waals surface area contributed by atoms with Gasteiger partial charge in [-0.15, -0.1) is 0 Å². The van der Waals surface area contributed by atoms with Crippen molar-refractivity contribution in [1.29, 1.82) is 0 Å². The van der Waals surface area contributed by atoms with Gasteiger partial charge in [-0.05, 0) is 40.8 Å². The van der Waals surface area contributed by atoms with E-state index in [0.29, 0.717) is 12.1 Å². The molecule has 0 N–H and O–H groups in total. The zero-order valence-corrected chi connectivity index (χ0v) is 18.4. The maximum atomic E-state index is 14.1.